The number of ether oxygens (including phenoxy) is 1. The van der Waals surface area contributed by atoms with Crippen LogP contribution in [0.1, 0.15) is 23.7 Å². The lowest BCUT2D eigenvalue weighted by Crippen LogP contribution is -2.50. The summed E-state index contributed by atoms with van der Waals surface area (Å²) in [5, 5.41) is 1.34. The van der Waals surface area contributed by atoms with Gasteiger partial charge in [-0.15, -0.1) is 0 Å². The van der Waals surface area contributed by atoms with Gasteiger partial charge in [0.05, 0.1) is 12.3 Å². The largest absolute Gasteiger partial charge is 0.457 e. The highest BCUT2D eigenvalue weighted by Gasteiger charge is 2.43. The van der Waals surface area contributed by atoms with Crippen LogP contribution in [-0.2, 0) is 20.9 Å². The Kier molecular flexibility index (Phi) is 6.09. The molecule has 7 heteroatoms. The Hall–Kier alpha value is -2.08. The van der Waals surface area contributed by atoms with Gasteiger partial charge in [-0.05, 0) is 35.4 Å². The molecule has 2 heterocycles. The Morgan fingerprint density at radius 3 is 2.14 bits per heavy atom. The van der Waals surface area contributed by atoms with Crippen LogP contribution in [-0.4, -0.2) is 47.9 Å². The molecular formula is C22H22Cl2N2O3. The average molecular weight is 433 g/mol. The molecule has 2 aromatic rings. The zero-order valence-corrected chi connectivity index (χ0v) is 17.4. The van der Waals surface area contributed by atoms with Crippen LogP contribution in [0.4, 0.5) is 0 Å². The van der Waals surface area contributed by atoms with Gasteiger partial charge in [0, 0.05) is 42.8 Å². The second-order valence-electron chi connectivity index (χ2n) is 7.50. The fourth-order valence-corrected chi connectivity index (χ4v) is 4.19. The van der Waals surface area contributed by atoms with Crippen molar-refractivity contribution in [3.05, 3.63) is 69.7 Å². The van der Waals surface area contributed by atoms with Gasteiger partial charge in [0.25, 0.3) is 0 Å². The Balaban J connectivity index is 1.37. The Bertz CT molecular complexity index is 878. The highest BCUT2D eigenvalue weighted by atomic mass is 35.5. The normalized spacial score (nSPS) is 22.6. The van der Waals surface area contributed by atoms with Gasteiger partial charge in [-0.1, -0.05) is 47.5 Å². The Morgan fingerprint density at radius 1 is 0.931 bits per heavy atom. The Morgan fingerprint density at radius 2 is 1.52 bits per heavy atom. The fraction of sp³-hybridized carbons (Fsp3) is 0.364. The van der Waals surface area contributed by atoms with Crippen molar-refractivity contribution in [3.63, 3.8) is 0 Å². The quantitative estimate of drug-likeness (QED) is 0.686. The molecule has 2 aliphatic rings. The third-order valence-corrected chi connectivity index (χ3v) is 6.03. The molecule has 0 bridgehead atoms. The van der Waals surface area contributed by atoms with E-state index in [9.17, 15) is 9.59 Å². The summed E-state index contributed by atoms with van der Waals surface area (Å²) in [5.74, 6) is -0.821. The number of halogens is 2. The zero-order valence-electron chi connectivity index (χ0n) is 15.9. The van der Waals surface area contributed by atoms with Crippen LogP contribution in [0, 0.1) is 5.92 Å². The number of carbonyl (C=O) groups excluding carboxylic acids is 2. The summed E-state index contributed by atoms with van der Waals surface area (Å²) in [4.78, 5) is 29.2. The number of nitrogens with zero attached hydrogens (tertiary/aromatic N) is 2. The van der Waals surface area contributed by atoms with E-state index in [0.717, 1.165) is 30.2 Å². The maximum Gasteiger partial charge on any atom is 0.307 e. The number of cyclic esters (lactones) is 1. The van der Waals surface area contributed by atoms with E-state index in [4.69, 9.17) is 27.9 Å². The van der Waals surface area contributed by atoms with Gasteiger partial charge in [-0.25, -0.2) is 0 Å². The topological polar surface area (TPSA) is 49.9 Å². The molecular weight excluding hydrogens is 411 g/mol. The number of benzene rings is 2. The van der Waals surface area contributed by atoms with Crippen LogP contribution in [0.3, 0.4) is 0 Å². The molecule has 0 N–H and O–H groups in total. The van der Waals surface area contributed by atoms with Gasteiger partial charge in [0.2, 0.25) is 5.91 Å². The molecule has 152 valence electrons. The van der Waals surface area contributed by atoms with Crippen LogP contribution in [0.25, 0.3) is 0 Å². The molecule has 2 atom stereocenters. The molecule has 4 rings (SSSR count). The molecule has 1 amide bonds. The van der Waals surface area contributed by atoms with E-state index in [0.29, 0.717) is 18.1 Å². The average Bonchev–Trinajstić information content (AvgIpc) is 3.12. The van der Waals surface area contributed by atoms with Gasteiger partial charge in [0.15, 0.2) is 0 Å². The fourth-order valence-electron chi connectivity index (χ4n) is 3.94. The van der Waals surface area contributed by atoms with Crippen LogP contribution < -0.4 is 0 Å². The van der Waals surface area contributed by atoms with E-state index in [1.807, 2.05) is 41.3 Å². The number of hydrogen-bond donors (Lipinski definition) is 0. The van der Waals surface area contributed by atoms with E-state index in [2.05, 4.69) is 4.90 Å². The Labute approximate surface area is 180 Å². The van der Waals surface area contributed by atoms with Crippen molar-refractivity contribution in [1.29, 1.82) is 0 Å². The first kappa shape index (κ1) is 20.2. The highest BCUT2D eigenvalue weighted by molar-refractivity contribution is 6.30. The molecule has 0 spiro atoms. The first-order valence-corrected chi connectivity index (χ1v) is 10.5. The monoisotopic (exact) mass is 432 g/mol. The minimum Gasteiger partial charge on any atom is -0.457 e. The van der Waals surface area contributed by atoms with Gasteiger partial charge in [-0.3, -0.25) is 14.5 Å². The van der Waals surface area contributed by atoms with Crippen LogP contribution in [0.5, 0.6) is 0 Å². The van der Waals surface area contributed by atoms with Crippen LogP contribution in [0.15, 0.2) is 48.5 Å². The van der Waals surface area contributed by atoms with E-state index in [1.54, 1.807) is 12.1 Å². The van der Waals surface area contributed by atoms with Gasteiger partial charge >= 0.3 is 5.97 Å². The minimum absolute atomic E-state index is 0.0121. The maximum atomic E-state index is 13.1. The molecule has 0 aliphatic carbocycles. The molecule has 2 aliphatic heterocycles. The summed E-state index contributed by atoms with van der Waals surface area (Å²) in [6, 6.07) is 15.0. The standard InChI is InChI=1S/C22H22Cl2N2O3/c23-17-5-1-15(2-6-17)14-25-9-11-26(12-10-25)22(28)19-13-20(27)29-21(19)16-3-7-18(24)8-4-16/h1-8,19,21H,9-14H2/t19-,21+/m0/s1. The molecule has 0 radical (unpaired) electrons. The van der Waals surface area contributed by atoms with E-state index in [1.165, 1.54) is 5.56 Å². The smallest absolute Gasteiger partial charge is 0.307 e. The summed E-state index contributed by atoms with van der Waals surface area (Å²) in [7, 11) is 0. The van der Waals surface area contributed by atoms with E-state index in [-0.39, 0.29) is 18.3 Å². The predicted molar refractivity (Wildman–Crippen MR) is 112 cm³/mol. The van der Waals surface area contributed by atoms with Gasteiger partial charge in [0.1, 0.15) is 6.10 Å². The number of rotatable bonds is 4. The van der Waals surface area contributed by atoms with Crippen molar-refractivity contribution in [2.75, 3.05) is 26.2 Å². The van der Waals surface area contributed by atoms with Crippen molar-refractivity contribution >= 4 is 35.1 Å². The van der Waals surface area contributed by atoms with Gasteiger partial charge in [-0.2, -0.15) is 0 Å². The summed E-state index contributed by atoms with van der Waals surface area (Å²) < 4.78 is 5.47. The summed E-state index contributed by atoms with van der Waals surface area (Å²) in [5.41, 5.74) is 2.01. The first-order valence-electron chi connectivity index (χ1n) is 9.70. The van der Waals surface area contributed by atoms with Crippen molar-refractivity contribution in [1.82, 2.24) is 9.80 Å². The van der Waals surface area contributed by atoms with Crippen LogP contribution >= 0.6 is 23.2 Å². The second-order valence-corrected chi connectivity index (χ2v) is 8.37. The third kappa shape index (κ3) is 4.74. The lowest BCUT2D eigenvalue weighted by atomic mass is 9.93. The summed E-state index contributed by atoms with van der Waals surface area (Å²) >= 11 is 11.9. The molecule has 2 saturated heterocycles. The third-order valence-electron chi connectivity index (χ3n) is 5.53. The van der Waals surface area contributed by atoms with E-state index < -0.39 is 12.0 Å². The minimum atomic E-state index is -0.542. The molecule has 0 unspecified atom stereocenters. The van der Waals surface area contributed by atoms with E-state index >= 15 is 0 Å². The number of hydrogen-bond acceptors (Lipinski definition) is 4. The zero-order chi connectivity index (χ0) is 20.4. The molecule has 0 saturated carbocycles. The molecule has 29 heavy (non-hydrogen) atoms. The van der Waals surface area contributed by atoms with Crippen molar-refractivity contribution in [3.8, 4) is 0 Å². The lowest BCUT2D eigenvalue weighted by molar-refractivity contribution is -0.142. The molecule has 2 aromatic carbocycles. The maximum absolute atomic E-state index is 13.1. The molecule has 5 nitrogen and oxygen atoms in total. The summed E-state index contributed by atoms with van der Waals surface area (Å²) in [6.45, 7) is 3.70. The van der Waals surface area contributed by atoms with Crippen molar-refractivity contribution in [2.45, 2.75) is 19.1 Å². The summed E-state index contributed by atoms with van der Waals surface area (Å²) in [6.07, 6.45) is -0.420. The number of carbonyl (C=O) groups is 2. The molecule has 2 fully saturated rings. The number of amides is 1. The van der Waals surface area contributed by atoms with Gasteiger partial charge < -0.3 is 9.64 Å². The predicted octanol–water partition coefficient (Wildman–Crippen LogP) is 3.94. The highest BCUT2D eigenvalue weighted by Crippen LogP contribution is 2.37. The first-order chi connectivity index (χ1) is 14.0. The molecule has 0 aromatic heterocycles. The number of piperazine rings is 1. The van der Waals surface area contributed by atoms with Crippen LogP contribution in [0.2, 0.25) is 10.0 Å². The lowest BCUT2D eigenvalue weighted by Gasteiger charge is -2.36. The second kappa shape index (κ2) is 8.74. The van der Waals surface area contributed by atoms with Crippen molar-refractivity contribution in [2.24, 2.45) is 5.92 Å². The number of esters is 1. The SMILES string of the molecule is O=C1C[C@H](C(=O)N2CCN(Cc3ccc(Cl)cc3)CC2)[C@@H](c2ccc(Cl)cc2)O1. The van der Waals surface area contributed by atoms with Crippen molar-refractivity contribution < 1.29 is 14.3 Å².